The summed E-state index contributed by atoms with van der Waals surface area (Å²) < 4.78 is 4.32. The molecule has 6 nitrogen and oxygen atoms in total. The predicted octanol–water partition coefficient (Wildman–Crippen LogP) is 4.38. The summed E-state index contributed by atoms with van der Waals surface area (Å²) in [6, 6.07) is 19.5. The van der Waals surface area contributed by atoms with Gasteiger partial charge in [-0.2, -0.15) is 10.2 Å². The fourth-order valence-corrected chi connectivity index (χ4v) is 3.37. The maximum Gasteiger partial charge on any atom is 0.244 e. The molecule has 1 atom stereocenters. The average molecular weight is 450 g/mol. The molecule has 7 heteroatoms. The standard InChI is InChI=1S/C22H20BrN5O/c1-16(27-15-19(23)13-25-27)22(29)24-12-18-14-28(20-10-6-3-7-11-20)26-21(18)17-8-4-2-5-9-17/h2-11,13-16H,12H2,1H3,(H,24,29). The number of carbonyl (C=O) groups excluding carboxylic acids is 1. The molecule has 29 heavy (non-hydrogen) atoms. The highest BCUT2D eigenvalue weighted by atomic mass is 79.9. The van der Waals surface area contributed by atoms with Gasteiger partial charge < -0.3 is 5.32 Å². The first kappa shape index (κ1) is 19.1. The number of rotatable bonds is 6. The van der Waals surface area contributed by atoms with E-state index < -0.39 is 6.04 Å². The van der Waals surface area contributed by atoms with Gasteiger partial charge >= 0.3 is 0 Å². The van der Waals surface area contributed by atoms with Crippen LogP contribution in [0.3, 0.4) is 0 Å². The lowest BCUT2D eigenvalue weighted by atomic mass is 10.1. The molecule has 1 unspecified atom stereocenters. The molecular formula is C22H20BrN5O. The zero-order chi connectivity index (χ0) is 20.2. The maximum atomic E-state index is 12.6. The number of carbonyl (C=O) groups is 1. The lowest BCUT2D eigenvalue weighted by Gasteiger charge is -2.12. The quantitative estimate of drug-likeness (QED) is 0.475. The summed E-state index contributed by atoms with van der Waals surface area (Å²) in [5.41, 5.74) is 3.78. The number of nitrogens with zero attached hydrogens (tertiary/aromatic N) is 4. The minimum Gasteiger partial charge on any atom is -0.350 e. The largest absolute Gasteiger partial charge is 0.350 e. The molecule has 0 bridgehead atoms. The molecule has 0 radical (unpaired) electrons. The third-order valence-electron chi connectivity index (χ3n) is 4.66. The first-order valence-electron chi connectivity index (χ1n) is 9.28. The van der Waals surface area contributed by atoms with Gasteiger partial charge in [-0.3, -0.25) is 9.48 Å². The van der Waals surface area contributed by atoms with Crippen molar-refractivity contribution in [2.45, 2.75) is 19.5 Å². The number of hydrogen-bond donors (Lipinski definition) is 1. The first-order chi connectivity index (χ1) is 14.1. The van der Waals surface area contributed by atoms with Crippen LogP contribution < -0.4 is 5.32 Å². The average Bonchev–Trinajstić information content (AvgIpc) is 3.39. The topological polar surface area (TPSA) is 64.7 Å². The highest BCUT2D eigenvalue weighted by molar-refractivity contribution is 9.10. The van der Waals surface area contributed by atoms with E-state index in [1.807, 2.05) is 78.5 Å². The minimum absolute atomic E-state index is 0.105. The third-order valence-corrected chi connectivity index (χ3v) is 5.07. The number of nitrogens with one attached hydrogen (secondary N) is 1. The summed E-state index contributed by atoms with van der Waals surface area (Å²) in [5, 5.41) is 12.0. The Morgan fingerprint density at radius 1 is 1.07 bits per heavy atom. The summed E-state index contributed by atoms with van der Waals surface area (Å²) in [7, 11) is 0. The fraction of sp³-hybridized carbons (Fsp3) is 0.136. The SMILES string of the molecule is CC(C(=O)NCc1cn(-c2ccccc2)nc1-c1ccccc1)n1cc(Br)cn1. The number of amides is 1. The van der Waals surface area contributed by atoms with Crippen LogP contribution in [-0.4, -0.2) is 25.5 Å². The number of aromatic nitrogens is 4. The Kier molecular flexibility index (Phi) is 5.57. The van der Waals surface area contributed by atoms with Crippen LogP contribution in [0.4, 0.5) is 0 Å². The van der Waals surface area contributed by atoms with E-state index in [1.165, 1.54) is 0 Å². The fourth-order valence-electron chi connectivity index (χ4n) is 3.07. The van der Waals surface area contributed by atoms with Crippen molar-refractivity contribution in [1.29, 1.82) is 0 Å². The summed E-state index contributed by atoms with van der Waals surface area (Å²) >= 11 is 3.36. The molecule has 0 saturated carbocycles. The van der Waals surface area contributed by atoms with Gasteiger partial charge in [-0.25, -0.2) is 4.68 Å². The van der Waals surface area contributed by atoms with Crippen LogP contribution >= 0.6 is 15.9 Å². The maximum absolute atomic E-state index is 12.6. The molecule has 1 N–H and O–H groups in total. The van der Waals surface area contributed by atoms with Gasteiger partial charge in [0.1, 0.15) is 6.04 Å². The Bertz CT molecular complexity index is 1100. The van der Waals surface area contributed by atoms with Crippen LogP contribution in [0.1, 0.15) is 18.5 Å². The molecule has 0 spiro atoms. The number of hydrogen-bond acceptors (Lipinski definition) is 3. The smallest absolute Gasteiger partial charge is 0.244 e. The van der Waals surface area contributed by atoms with E-state index in [0.717, 1.165) is 27.0 Å². The molecule has 1 amide bonds. The molecular weight excluding hydrogens is 430 g/mol. The number of para-hydroxylation sites is 1. The molecule has 0 aliphatic rings. The van der Waals surface area contributed by atoms with Gasteiger partial charge in [0.2, 0.25) is 5.91 Å². The van der Waals surface area contributed by atoms with Crippen molar-refractivity contribution in [1.82, 2.24) is 24.9 Å². The zero-order valence-corrected chi connectivity index (χ0v) is 17.5. The molecule has 4 rings (SSSR count). The molecule has 0 fully saturated rings. The molecule has 146 valence electrons. The van der Waals surface area contributed by atoms with Crippen molar-refractivity contribution in [3.8, 4) is 16.9 Å². The van der Waals surface area contributed by atoms with Gasteiger partial charge in [-0.15, -0.1) is 0 Å². The predicted molar refractivity (Wildman–Crippen MR) is 115 cm³/mol. The van der Waals surface area contributed by atoms with E-state index in [0.29, 0.717) is 6.54 Å². The monoisotopic (exact) mass is 449 g/mol. The molecule has 4 aromatic rings. The van der Waals surface area contributed by atoms with Gasteiger partial charge in [0.05, 0.1) is 22.1 Å². The van der Waals surface area contributed by atoms with Crippen molar-refractivity contribution in [3.05, 3.63) is 89.3 Å². The van der Waals surface area contributed by atoms with E-state index in [-0.39, 0.29) is 5.91 Å². The van der Waals surface area contributed by atoms with E-state index >= 15 is 0 Å². The summed E-state index contributed by atoms with van der Waals surface area (Å²) in [6.45, 7) is 2.20. The molecule has 2 aromatic heterocycles. The minimum atomic E-state index is -0.411. The normalized spacial score (nSPS) is 11.9. The Morgan fingerprint density at radius 2 is 1.76 bits per heavy atom. The molecule has 0 saturated heterocycles. The van der Waals surface area contributed by atoms with Crippen LogP contribution in [0, 0.1) is 0 Å². The Balaban J connectivity index is 1.58. The second-order valence-electron chi connectivity index (χ2n) is 6.68. The lowest BCUT2D eigenvalue weighted by molar-refractivity contribution is -0.124. The number of halogens is 1. The van der Waals surface area contributed by atoms with Crippen molar-refractivity contribution in [3.63, 3.8) is 0 Å². The zero-order valence-electron chi connectivity index (χ0n) is 15.9. The summed E-state index contributed by atoms with van der Waals surface area (Å²) in [4.78, 5) is 12.6. The van der Waals surface area contributed by atoms with Gasteiger partial charge in [0.25, 0.3) is 0 Å². The van der Waals surface area contributed by atoms with Crippen molar-refractivity contribution in [2.75, 3.05) is 0 Å². The Labute approximate surface area is 177 Å². The second-order valence-corrected chi connectivity index (χ2v) is 7.60. The van der Waals surface area contributed by atoms with Crippen LogP contribution in [0.5, 0.6) is 0 Å². The van der Waals surface area contributed by atoms with Gasteiger partial charge in [-0.05, 0) is 35.0 Å². The van der Waals surface area contributed by atoms with Crippen molar-refractivity contribution < 1.29 is 4.79 Å². The first-order valence-corrected chi connectivity index (χ1v) is 10.1. The number of benzene rings is 2. The van der Waals surface area contributed by atoms with E-state index in [4.69, 9.17) is 5.10 Å². The van der Waals surface area contributed by atoms with Crippen LogP contribution in [0.25, 0.3) is 16.9 Å². The highest BCUT2D eigenvalue weighted by Gasteiger charge is 2.18. The third kappa shape index (κ3) is 4.30. The summed E-state index contributed by atoms with van der Waals surface area (Å²) in [5.74, 6) is -0.105. The molecule has 0 aliphatic carbocycles. The molecule has 0 aliphatic heterocycles. The van der Waals surface area contributed by atoms with Crippen LogP contribution in [0.2, 0.25) is 0 Å². The summed E-state index contributed by atoms with van der Waals surface area (Å²) in [6.07, 6.45) is 5.42. The Morgan fingerprint density at radius 3 is 2.41 bits per heavy atom. The van der Waals surface area contributed by atoms with Gasteiger partial charge in [0, 0.05) is 30.1 Å². The van der Waals surface area contributed by atoms with E-state index in [1.54, 1.807) is 17.1 Å². The Hall–Kier alpha value is -3.19. The van der Waals surface area contributed by atoms with E-state index in [2.05, 4.69) is 26.3 Å². The van der Waals surface area contributed by atoms with E-state index in [9.17, 15) is 4.79 Å². The van der Waals surface area contributed by atoms with Crippen LogP contribution in [0.15, 0.2) is 83.7 Å². The molecule has 2 aromatic carbocycles. The van der Waals surface area contributed by atoms with Crippen molar-refractivity contribution >= 4 is 21.8 Å². The lowest BCUT2D eigenvalue weighted by Crippen LogP contribution is -2.30. The van der Waals surface area contributed by atoms with Crippen LogP contribution in [-0.2, 0) is 11.3 Å². The van der Waals surface area contributed by atoms with Crippen molar-refractivity contribution in [2.24, 2.45) is 0 Å². The molecule has 2 heterocycles. The van der Waals surface area contributed by atoms with Gasteiger partial charge in [-0.1, -0.05) is 48.5 Å². The second kappa shape index (κ2) is 8.45. The van der Waals surface area contributed by atoms with Gasteiger partial charge in [0.15, 0.2) is 0 Å². The highest BCUT2D eigenvalue weighted by Crippen LogP contribution is 2.24.